The first-order chi connectivity index (χ1) is 13.8. The fraction of sp³-hybridized carbons (Fsp3) is 0.500. The maximum atomic E-state index is 15.0. The van der Waals surface area contributed by atoms with E-state index in [4.69, 9.17) is 9.47 Å². The number of nitrogens with one attached hydrogen (secondary N) is 1. The molecule has 2 rings (SSSR count). The lowest BCUT2D eigenvalue weighted by Crippen LogP contribution is -2.54. The minimum Gasteiger partial charge on any atom is -0.444 e. The summed E-state index contributed by atoms with van der Waals surface area (Å²) >= 11 is 0. The Morgan fingerprint density at radius 2 is 1.87 bits per heavy atom. The van der Waals surface area contributed by atoms with Crippen molar-refractivity contribution in [1.82, 2.24) is 5.32 Å². The van der Waals surface area contributed by atoms with Gasteiger partial charge in [-0.1, -0.05) is 18.2 Å². The molecule has 0 aliphatic carbocycles. The maximum Gasteiger partial charge on any atom is 0.408 e. The zero-order chi connectivity index (χ0) is 22.7. The van der Waals surface area contributed by atoms with Crippen LogP contribution in [0, 0.1) is 34.4 Å². The van der Waals surface area contributed by atoms with Gasteiger partial charge in [0.25, 0.3) is 0 Å². The fourth-order valence-corrected chi connectivity index (χ4v) is 3.57. The van der Waals surface area contributed by atoms with Crippen molar-refractivity contribution in [2.75, 3.05) is 6.61 Å². The Morgan fingerprint density at radius 1 is 1.27 bits per heavy atom. The summed E-state index contributed by atoms with van der Waals surface area (Å²) in [5, 5.41) is 21.1. The predicted molar refractivity (Wildman–Crippen MR) is 105 cm³/mol. The number of carbonyl (C=O) groups is 1. The largest absolute Gasteiger partial charge is 0.444 e. The molecule has 0 aromatic heterocycles. The summed E-state index contributed by atoms with van der Waals surface area (Å²) in [6.07, 6.45) is -0.799. The molecule has 6 nitrogen and oxygen atoms in total. The van der Waals surface area contributed by atoms with Crippen molar-refractivity contribution >= 4 is 6.09 Å². The van der Waals surface area contributed by atoms with E-state index >= 15 is 4.39 Å². The lowest BCUT2D eigenvalue weighted by atomic mass is 9.74. The fourth-order valence-electron chi connectivity index (χ4n) is 3.57. The molecule has 0 spiro atoms. The highest BCUT2D eigenvalue weighted by molar-refractivity contribution is 5.70. The van der Waals surface area contributed by atoms with E-state index in [1.54, 1.807) is 39.0 Å². The van der Waals surface area contributed by atoms with E-state index in [0.717, 1.165) is 0 Å². The average molecular weight is 417 g/mol. The van der Waals surface area contributed by atoms with Gasteiger partial charge in [-0.3, -0.25) is 0 Å². The van der Waals surface area contributed by atoms with Crippen molar-refractivity contribution in [3.63, 3.8) is 0 Å². The number of halogens is 2. The number of hydrogen-bond acceptors (Lipinski definition) is 5. The number of rotatable bonds is 4. The monoisotopic (exact) mass is 417 g/mol. The molecule has 0 saturated carbocycles. The predicted octanol–water partition coefficient (Wildman–Crippen LogP) is 4.28. The summed E-state index contributed by atoms with van der Waals surface area (Å²) in [6.45, 7) is 7.28. The van der Waals surface area contributed by atoms with Crippen LogP contribution in [0.4, 0.5) is 13.6 Å². The number of allylic oxidation sites excluding steroid dienone is 1. The summed E-state index contributed by atoms with van der Waals surface area (Å²) in [5.74, 6) is -1.71. The Balaban J connectivity index is 2.71. The first-order valence-electron chi connectivity index (χ1n) is 9.43. The molecule has 30 heavy (non-hydrogen) atoms. The zero-order valence-electron chi connectivity index (χ0n) is 17.6. The molecule has 1 aliphatic heterocycles. The highest BCUT2D eigenvalue weighted by Crippen LogP contribution is 2.46. The van der Waals surface area contributed by atoms with E-state index in [-0.39, 0.29) is 17.7 Å². The van der Waals surface area contributed by atoms with Gasteiger partial charge in [0.05, 0.1) is 6.61 Å². The van der Waals surface area contributed by atoms with Gasteiger partial charge in [0.1, 0.15) is 46.4 Å². The Labute approximate surface area is 175 Å². The lowest BCUT2D eigenvalue weighted by Gasteiger charge is -2.37. The van der Waals surface area contributed by atoms with E-state index in [9.17, 15) is 19.7 Å². The third-order valence-electron chi connectivity index (χ3n) is 4.73. The Kier molecular flexibility index (Phi) is 6.54. The molecule has 1 aromatic carbocycles. The van der Waals surface area contributed by atoms with Crippen LogP contribution in [0.2, 0.25) is 0 Å². The third kappa shape index (κ3) is 4.95. The molecule has 160 valence electrons. The second-order valence-corrected chi connectivity index (χ2v) is 8.70. The summed E-state index contributed by atoms with van der Waals surface area (Å²) in [7, 11) is 0. The van der Waals surface area contributed by atoms with Crippen LogP contribution in [-0.4, -0.2) is 30.1 Å². The van der Waals surface area contributed by atoms with E-state index < -0.39 is 40.7 Å². The molecule has 1 aliphatic rings. The SMILES string of the molecule is CC(C)(C)OC(=O)N[C@@]1(c2ccccc2F)COC(C(C)(C)F)[C@H]1C=C(C#N)C#N. The first kappa shape index (κ1) is 23.3. The van der Waals surface area contributed by atoms with Crippen LogP contribution in [0.25, 0.3) is 0 Å². The Hall–Kier alpha value is -2.97. The molecule has 1 aromatic rings. The van der Waals surface area contributed by atoms with E-state index in [2.05, 4.69) is 5.32 Å². The number of benzene rings is 1. The number of ether oxygens (including phenoxy) is 2. The second-order valence-electron chi connectivity index (χ2n) is 8.70. The van der Waals surface area contributed by atoms with Gasteiger partial charge in [-0.25, -0.2) is 13.6 Å². The first-order valence-corrected chi connectivity index (χ1v) is 9.43. The van der Waals surface area contributed by atoms with Crippen molar-refractivity contribution in [1.29, 1.82) is 10.5 Å². The van der Waals surface area contributed by atoms with Gasteiger partial charge in [-0.2, -0.15) is 10.5 Å². The zero-order valence-corrected chi connectivity index (χ0v) is 17.6. The quantitative estimate of drug-likeness (QED) is 0.738. The van der Waals surface area contributed by atoms with Crippen molar-refractivity contribution in [3.8, 4) is 12.1 Å². The van der Waals surface area contributed by atoms with Crippen molar-refractivity contribution < 1.29 is 23.0 Å². The highest BCUT2D eigenvalue weighted by Gasteiger charge is 2.57. The van der Waals surface area contributed by atoms with Gasteiger partial charge in [-0.05, 0) is 46.8 Å². The number of alkyl carbamates (subject to hydrolysis) is 1. The van der Waals surface area contributed by atoms with Gasteiger partial charge >= 0.3 is 6.09 Å². The molecular formula is C22H25F2N3O3. The van der Waals surface area contributed by atoms with Crippen LogP contribution in [-0.2, 0) is 15.0 Å². The summed E-state index contributed by atoms with van der Waals surface area (Å²) in [6, 6.07) is 9.16. The second kappa shape index (κ2) is 8.41. The number of carbonyl (C=O) groups excluding carboxylic acids is 1. The number of nitriles is 2. The summed E-state index contributed by atoms with van der Waals surface area (Å²) < 4.78 is 40.9. The van der Waals surface area contributed by atoms with Gasteiger partial charge in [0.15, 0.2) is 0 Å². The summed E-state index contributed by atoms with van der Waals surface area (Å²) in [4.78, 5) is 12.7. The minimum absolute atomic E-state index is 0.0408. The van der Waals surface area contributed by atoms with Crippen molar-refractivity contribution in [2.45, 2.75) is 57.5 Å². The lowest BCUT2D eigenvalue weighted by molar-refractivity contribution is -0.0171. The Morgan fingerprint density at radius 3 is 2.37 bits per heavy atom. The molecule has 1 amide bonds. The van der Waals surface area contributed by atoms with Crippen LogP contribution in [0.5, 0.6) is 0 Å². The van der Waals surface area contributed by atoms with Gasteiger partial charge in [0.2, 0.25) is 0 Å². The molecule has 1 unspecified atom stereocenters. The maximum absolute atomic E-state index is 15.0. The van der Waals surface area contributed by atoms with Crippen LogP contribution >= 0.6 is 0 Å². The molecule has 8 heteroatoms. The van der Waals surface area contributed by atoms with Gasteiger partial charge in [0, 0.05) is 11.5 Å². The van der Waals surface area contributed by atoms with Crippen LogP contribution in [0.15, 0.2) is 35.9 Å². The minimum atomic E-state index is -1.92. The number of amides is 1. The molecule has 1 fully saturated rings. The number of nitrogens with zero attached hydrogens (tertiary/aromatic N) is 2. The molecule has 0 radical (unpaired) electrons. The number of alkyl halides is 1. The standard InChI is InChI=1S/C22H25F2N3O3/c1-20(2,3)30-19(28)27-22(15-8-6-7-9-17(15)23)13-29-18(21(4,5)24)16(22)10-14(11-25)12-26/h6-10,16,18H,13H2,1-5H3,(H,27,28)/t16-,18?,22-/m1/s1. The van der Waals surface area contributed by atoms with E-state index in [1.807, 2.05) is 0 Å². The summed E-state index contributed by atoms with van der Waals surface area (Å²) in [5.41, 5.74) is -4.61. The van der Waals surface area contributed by atoms with Gasteiger partial charge < -0.3 is 14.8 Å². The topological polar surface area (TPSA) is 95.1 Å². The Bertz CT molecular complexity index is 903. The van der Waals surface area contributed by atoms with Crippen molar-refractivity contribution in [3.05, 3.63) is 47.3 Å². The van der Waals surface area contributed by atoms with E-state index in [0.29, 0.717) is 0 Å². The smallest absolute Gasteiger partial charge is 0.408 e. The third-order valence-corrected chi connectivity index (χ3v) is 4.73. The molecule has 0 bridgehead atoms. The molecule has 1 saturated heterocycles. The average Bonchev–Trinajstić information content (AvgIpc) is 2.97. The molecule has 3 atom stereocenters. The van der Waals surface area contributed by atoms with Crippen LogP contribution < -0.4 is 5.32 Å². The van der Waals surface area contributed by atoms with Crippen LogP contribution in [0.1, 0.15) is 40.2 Å². The molecule has 1 heterocycles. The van der Waals surface area contributed by atoms with Crippen molar-refractivity contribution in [2.24, 2.45) is 5.92 Å². The molecular weight excluding hydrogens is 392 g/mol. The van der Waals surface area contributed by atoms with Gasteiger partial charge in [-0.15, -0.1) is 0 Å². The van der Waals surface area contributed by atoms with Crippen LogP contribution in [0.3, 0.4) is 0 Å². The number of hydrogen-bond donors (Lipinski definition) is 1. The molecule has 1 N–H and O–H groups in total. The normalized spacial score (nSPS) is 23.8. The highest BCUT2D eigenvalue weighted by atomic mass is 19.1. The van der Waals surface area contributed by atoms with E-state index in [1.165, 1.54) is 38.1 Å².